The third-order valence-corrected chi connectivity index (χ3v) is 5.05. The molecule has 0 aromatic carbocycles. The molecular formula is C10H22N2O2S. The van der Waals surface area contributed by atoms with Gasteiger partial charge in [0, 0.05) is 19.1 Å². The van der Waals surface area contributed by atoms with E-state index in [1.165, 1.54) is 0 Å². The van der Waals surface area contributed by atoms with Gasteiger partial charge in [-0.2, -0.15) is 0 Å². The summed E-state index contributed by atoms with van der Waals surface area (Å²) < 4.78 is 25.3. The molecule has 1 fully saturated rings. The molecule has 1 rings (SSSR count). The van der Waals surface area contributed by atoms with Crippen molar-refractivity contribution in [3.63, 3.8) is 0 Å². The van der Waals surface area contributed by atoms with Crippen LogP contribution in [0.15, 0.2) is 0 Å². The quantitative estimate of drug-likeness (QED) is 0.782. The zero-order chi connectivity index (χ0) is 11.5. The molecule has 2 atom stereocenters. The van der Waals surface area contributed by atoms with Crippen LogP contribution >= 0.6 is 0 Å². The van der Waals surface area contributed by atoms with E-state index in [1.807, 2.05) is 6.92 Å². The van der Waals surface area contributed by atoms with Crippen molar-refractivity contribution in [3.05, 3.63) is 0 Å². The highest BCUT2D eigenvalue weighted by atomic mass is 32.2. The van der Waals surface area contributed by atoms with Crippen LogP contribution in [0.1, 0.15) is 33.1 Å². The van der Waals surface area contributed by atoms with E-state index in [-0.39, 0.29) is 11.8 Å². The molecule has 2 N–H and O–H groups in total. The van der Waals surface area contributed by atoms with E-state index in [1.54, 1.807) is 4.31 Å². The van der Waals surface area contributed by atoms with Crippen LogP contribution in [0, 0.1) is 5.92 Å². The Balaban J connectivity index is 2.57. The second-order valence-electron chi connectivity index (χ2n) is 4.46. The lowest BCUT2D eigenvalue weighted by Crippen LogP contribution is -2.50. The predicted octanol–water partition coefficient (Wildman–Crippen LogP) is 0.785. The fourth-order valence-corrected chi connectivity index (χ4v) is 3.47. The second-order valence-corrected chi connectivity index (χ2v) is 6.55. The lowest BCUT2D eigenvalue weighted by atomic mass is 9.96. The van der Waals surface area contributed by atoms with Crippen LogP contribution in [0.2, 0.25) is 0 Å². The third kappa shape index (κ3) is 3.43. The van der Waals surface area contributed by atoms with Crippen LogP contribution in [0.25, 0.3) is 0 Å². The number of sulfonamides is 1. The number of piperidine rings is 1. The number of unbranched alkanes of at least 4 members (excludes halogenated alkanes) is 1. The fourth-order valence-electron chi connectivity index (χ4n) is 1.78. The zero-order valence-electron chi connectivity index (χ0n) is 9.65. The van der Waals surface area contributed by atoms with Gasteiger partial charge in [0.05, 0.1) is 5.75 Å². The molecule has 15 heavy (non-hydrogen) atoms. The van der Waals surface area contributed by atoms with Gasteiger partial charge in [-0.05, 0) is 18.8 Å². The van der Waals surface area contributed by atoms with Gasteiger partial charge in [0.1, 0.15) is 0 Å². The average molecular weight is 234 g/mol. The van der Waals surface area contributed by atoms with E-state index in [0.717, 1.165) is 19.3 Å². The lowest BCUT2D eigenvalue weighted by Gasteiger charge is -2.34. The van der Waals surface area contributed by atoms with Crippen LogP contribution in [0.4, 0.5) is 0 Å². The van der Waals surface area contributed by atoms with E-state index >= 15 is 0 Å². The molecule has 0 saturated carbocycles. The Hall–Kier alpha value is -0.130. The van der Waals surface area contributed by atoms with E-state index in [4.69, 9.17) is 5.73 Å². The molecule has 0 aromatic heterocycles. The van der Waals surface area contributed by atoms with Gasteiger partial charge in [-0.1, -0.05) is 20.3 Å². The average Bonchev–Trinajstić information content (AvgIpc) is 2.19. The molecule has 90 valence electrons. The topological polar surface area (TPSA) is 63.4 Å². The van der Waals surface area contributed by atoms with Gasteiger partial charge in [-0.15, -0.1) is 0 Å². The van der Waals surface area contributed by atoms with Crippen molar-refractivity contribution >= 4 is 10.0 Å². The van der Waals surface area contributed by atoms with Gasteiger partial charge in [0.15, 0.2) is 0 Å². The minimum absolute atomic E-state index is 0.00449. The summed E-state index contributed by atoms with van der Waals surface area (Å²) >= 11 is 0. The Labute approximate surface area is 92.9 Å². The maximum Gasteiger partial charge on any atom is 0.214 e. The standard InChI is InChI=1S/C10H22N2O2S/c1-3-4-7-15(13,14)12-6-5-9(2)10(11)8-12/h9-10H,3-8,11H2,1-2H3. The second kappa shape index (κ2) is 5.27. The highest BCUT2D eigenvalue weighted by Gasteiger charge is 2.30. The first-order valence-electron chi connectivity index (χ1n) is 5.70. The number of hydrogen-bond acceptors (Lipinski definition) is 3. The van der Waals surface area contributed by atoms with Gasteiger partial charge < -0.3 is 5.73 Å². The van der Waals surface area contributed by atoms with Crippen molar-refractivity contribution in [1.82, 2.24) is 4.31 Å². The fraction of sp³-hybridized carbons (Fsp3) is 1.00. The number of hydrogen-bond donors (Lipinski definition) is 1. The van der Waals surface area contributed by atoms with Crippen molar-refractivity contribution in [1.29, 1.82) is 0 Å². The molecule has 2 unspecified atom stereocenters. The van der Waals surface area contributed by atoms with Crippen molar-refractivity contribution in [3.8, 4) is 0 Å². The molecule has 0 spiro atoms. The lowest BCUT2D eigenvalue weighted by molar-refractivity contribution is 0.253. The van der Waals surface area contributed by atoms with Crippen LogP contribution in [0.3, 0.4) is 0 Å². The first-order valence-corrected chi connectivity index (χ1v) is 7.31. The van der Waals surface area contributed by atoms with Gasteiger partial charge in [0.2, 0.25) is 10.0 Å². The van der Waals surface area contributed by atoms with Crippen LogP contribution in [-0.2, 0) is 10.0 Å². The van der Waals surface area contributed by atoms with Gasteiger partial charge in [0.25, 0.3) is 0 Å². The largest absolute Gasteiger partial charge is 0.326 e. The Morgan fingerprint density at radius 3 is 2.67 bits per heavy atom. The summed E-state index contributed by atoms with van der Waals surface area (Å²) in [6.45, 7) is 5.22. The molecule has 0 bridgehead atoms. The SMILES string of the molecule is CCCCS(=O)(=O)N1CCC(C)C(N)C1. The smallest absolute Gasteiger partial charge is 0.214 e. The maximum atomic E-state index is 11.9. The Morgan fingerprint density at radius 1 is 1.47 bits per heavy atom. The van der Waals surface area contributed by atoms with Crippen molar-refractivity contribution < 1.29 is 8.42 Å². The van der Waals surface area contributed by atoms with E-state index < -0.39 is 10.0 Å². The number of rotatable bonds is 4. The maximum absolute atomic E-state index is 11.9. The van der Waals surface area contributed by atoms with Crippen molar-refractivity contribution in [2.45, 2.75) is 39.2 Å². The molecule has 0 radical (unpaired) electrons. The molecule has 1 aliphatic heterocycles. The van der Waals surface area contributed by atoms with Gasteiger partial charge in [-0.25, -0.2) is 12.7 Å². The Kier molecular flexibility index (Phi) is 4.55. The van der Waals surface area contributed by atoms with Crippen LogP contribution < -0.4 is 5.73 Å². The molecule has 5 heteroatoms. The molecular weight excluding hydrogens is 212 g/mol. The molecule has 4 nitrogen and oxygen atoms in total. The molecule has 1 aliphatic rings. The minimum atomic E-state index is -3.05. The molecule has 0 amide bonds. The van der Waals surface area contributed by atoms with Crippen molar-refractivity contribution in [2.75, 3.05) is 18.8 Å². The molecule has 0 aromatic rings. The molecule has 0 aliphatic carbocycles. The summed E-state index contributed by atoms with van der Waals surface area (Å²) in [6.07, 6.45) is 2.53. The van der Waals surface area contributed by atoms with Crippen LogP contribution in [-0.4, -0.2) is 37.6 Å². The van der Waals surface area contributed by atoms with E-state index in [9.17, 15) is 8.42 Å². The summed E-state index contributed by atoms with van der Waals surface area (Å²) in [7, 11) is -3.05. The summed E-state index contributed by atoms with van der Waals surface area (Å²) in [5.41, 5.74) is 5.89. The predicted molar refractivity (Wildman–Crippen MR) is 62.0 cm³/mol. The molecule has 1 saturated heterocycles. The molecule has 1 heterocycles. The summed E-state index contributed by atoms with van der Waals surface area (Å²) in [5.74, 6) is 0.701. The number of nitrogens with zero attached hydrogens (tertiary/aromatic N) is 1. The van der Waals surface area contributed by atoms with E-state index in [2.05, 4.69) is 6.92 Å². The first kappa shape index (κ1) is 12.9. The van der Waals surface area contributed by atoms with Gasteiger partial charge >= 0.3 is 0 Å². The highest BCUT2D eigenvalue weighted by molar-refractivity contribution is 7.89. The Morgan fingerprint density at radius 2 is 2.13 bits per heavy atom. The number of nitrogens with two attached hydrogens (primary N) is 1. The first-order chi connectivity index (χ1) is 6.97. The summed E-state index contributed by atoms with van der Waals surface area (Å²) in [5, 5.41) is 0. The van der Waals surface area contributed by atoms with Gasteiger partial charge in [-0.3, -0.25) is 0 Å². The summed E-state index contributed by atoms with van der Waals surface area (Å²) in [4.78, 5) is 0. The monoisotopic (exact) mass is 234 g/mol. The minimum Gasteiger partial charge on any atom is -0.326 e. The van der Waals surface area contributed by atoms with Crippen molar-refractivity contribution in [2.24, 2.45) is 11.7 Å². The van der Waals surface area contributed by atoms with E-state index in [0.29, 0.717) is 19.0 Å². The zero-order valence-corrected chi connectivity index (χ0v) is 10.5. The third-order valence-electron chi connectivity index (χ3n) is 3.13. The highest BCUT2D eigenvalue weighted by Crippen LogP contribution is 2.18. The Bertz CT molecular complexity index is 290. The normalized spacial score (nSPS) is 29.3. The summed E-state index contributed by atoms with van der Waals surface area (Å²) in [6, 6.07) is -0.00449. The van der Waals surface area contributed by atoms with Crippen LogP contribution in [0.5, 0.6) is 0 Å².